The maximum atomic E-state index is 13.0. The summed E-state index contributed by atoms with van der Waals surface area (Å²) in [6.07, 6.45) is -0.0728. The molecule has 51 heavy (non-hydrogen) atoms. The first-order chi connectivity index (χ1) is 23.6. The number of carboxylic acid groups (broad SMARTS) is 1. The van der Waals surface area contributed by atoms with E-state index in [2.05, 4.69) is 5.32 Å². The Balaban J connectivity index is 3.03. The number of amides is 1. The molecule has 1 rings (SSSR count). The molecular weight excluding hydrogens is 666 g/mol. The summed E-state index contributed by atoms with van der Waals surface area (Å²) < 4.78 is 27.4. The van der Waals surface area contributed by atoms with Crippen LogP contribution in [0.2, 0.25) is 0 Å². The molecule has 1 saturated heterocycles. The van der Waals surface area contributed by atoms with Gasteiger partial charge >= 0.3 is 23.9 Å². The van der Waals surface area contributed by atoms with Crippen molar-refractivity contribution in [2.45, 2.75) is 85.5 Å². The van der Waals surface area contributed by atoms with Crippen LogP contribution in [-0.4, -0.2) is 183 Å². The minimum absolute atomic E-state index is 0.0414. The molecule has 1 amide bonds. The van der Waals surface area contributed by atoms with Crippen molar-refractivity contribution < 1.29 is 52.8 Å². The summed E-state index contributed by atoms with van der Waals surface area (Å²) in [5.41, 5.74) is -1.94. The molecule has 0 atom stereocenters. The summed E-state index contributed by atoms with van der Waals surface area (Å²) in [4.78, 5) is 70.0. The van der Waals surface area contributed by atoms with Crippen LogP contribution in [0, 0.1) is 0 Å². The van der Waals surface area contributed by atoms with Gasteiger partial charge in [-0.15, -0.1) is 0 Å². The van der Waals surface area contributed by atoms with Crippen molar-refractivity contribution in [3.63, 3.8) is 0 Å². The van der Waals surface area contributed by atoms with Crippen molar-refractivity contribution in [3.05, 3.63) is 0 Å². The largest absolute Gasteiger partial charge is 0.481 e. The van der Waals surface area contributed by atoms with Gasteiger partial charge in [0.05, 0.1) is 59.0 Å². The topological polar surface area (TPSA) is 177 Å². The number of carboxylic acids is 1. The van der Waals surface area contributed by atoms with Gasteiger partial charge in [-0.1, -0.05) is 0 Å². The van der Waals surface area contributed by atoms with Gasteiger partial charge in [0.1, 0.15) is 16.8 Å². The van der Waals surface area contributed by atoms with E-state index in [4.69, 9.17) is 28.8 Å². The van der Waals surface area contributed by atoms with Gasteiger partial charge in [0, 0.05) is 58.9 Å². The van der Waals surface area contributed by atoms with E-state index in [1.54, 1.807) is 0 Å². The van der Waals surface area contributed by atoms with Crippen LogP contribution in [0.3, 0.4) is 0 Å². The second-order valence-electron chi connectivity index (χ2n) is 15.6. The van der Waals surface area contributed by atoms with Crippen LogP contribution in [-0.2, 0) is 47.7 Å². The number of nitrogens with zero attached hydrogens (tertiary/aromatic N) is 4. The minimum Gasteiger partial charge on any atom is -0.481 e. The molecule has 0 spiro atoms. The Morgan fingerprint density at radius 1 is 0.510 bits per heavy atom. The Bertz CT molecular complexity index is 1040. The van der Waals surface area contributed by atoms with Crippen molar-refractivity contribution in [1.29, 1.82) is 0 Å². The summed E-state index contributed by atoms with van der Waals surface area (Å²) in [5, 5.41) is 11.5. The fraction of sp³-hybridized carbons (Fsp3) is 0.857. The van der Waals surface area contributed by atoms with Gasteiger partial charge in [-0.05, 0) is 62.3 Å². The third-order valence-corrected chi connectivity index (χ3v) is 7.02. The molecule has 0 aromatic carbocycles. The number of ether oxygens (including phenoxy) is 5. The molecule has 1 aliphatic heterocycles. The maximum absolute atomic E-state index is 13.0. The second-order valence-corrected chi connectivity index (χ2v) is 15.6. The van der Waals surface area contributed by atoms with Gasteiger partial charge in [0.25, 0.3) is 0 Å². The average Bonchev–Trinajstić information content (AvgIpc) is 2.94. The van der Waals surface area contributed by atoms with Gasteiger partial charge in [0.15, 0.2) is 0 Å². The van der Waals surface area contributed by atoms with Crippen molar-refractivity contribution in [2.75, 3.05) is 112 Å². The van der Waals surface area contributed by atoms with Gasteiger partial charge < -0.3 is 34.1 Å². The van der Waals surface area contributed by atoms with E-state index in [0.29, 0.717) is 52.4 Å². The quantitative estimate of drug-likeness (QED) is 0.122. The summed E-state index contributed by atoms with van der Waals surface area (Å²) in [7, 11) is 0. The molecule has 0 unspecified atom stereocenters. The molecule has 2 N–H and O–H groups in total. The van der Waals surface area contributed by atoms with E-state index in [1.165, 1.54) is 0 Å². The summed E-state index contributed by atoms with van der Waals surface area (Å²) in [6, 6.07) is 0. The maximum Gasteiger partial charge on any atom is 0.320 e. The molecule has 16 nitrogen and oxygen atoms in total. The lowest BCUT2D eigenvalue weighted by atomic mass is 10.2. The lowest BCUT2D eigenvalue weighted by Crippen LogP contribution is -2.50. The van der Waals surface area contributed by atoms with Crippen LogP contribution in [0.5, 0.6) is 0 Å². The van der Waals surface area contributed by atoms with Gasteiger partial charge in [-0.2, -0.15) is 0 Å². The van der Waals surface area contributed by atoms with Crippen molar-refractivity contribution in [3.8, 4) is 0 Å². The Morgan fingerprint density at radius 2 is 0.824 bits per heavy atom. The van der Waals surface area contributed by atoms with Crippen LogP contribution in [0.25, 0.3) is 0 Å². The third-order valence-electron chi connectivity index (χ3n) is 7.02. The van der Waals surface area contributed by atoms with Crippen LogP contribution in [0.4, 0.5) is 0 Å². The highest BCUT2D eigenvalue weighted by Crippen LogP contribution is 2.11. The van der Waals surface area contributed by atoms with Crippen LogP contribution in [0.15, 0.2) is 0 Å². The number of carbonyl (C=O) groups is 5. The smallest absolute Gasteiger partial charge is 0.320 e. The standard InChI is InChI=1S/C35H65N5O11/c1-33(2,3)49-30(44)25-38-14-12-37(24-28(41)36-11-21-48-23-22-47-20-10-29(42)43)13-15-39(26-31(45)50-34(4,5)6)17-19-40(18-16-38)27-32(46)51-35(7,8)9/h10-27H2,1-9H3,(H,36,41)(H,42,43). The number of hydrogen-bond donors (Lipinski definition) is 2. The van der Waals surface area contributed by atoms with E-state index in [9.17, 15) is 24.0 Å². The van der Waals surface area contributed by atoms with Crippen LogP contribution < -0.4 is 5.32 Å². The van der Waals surface area contributed by atoms with Crippen molar-refractivity contribution >= 4 is 29.8 Å². The molecule has 0 radical (unpaired) electrons. The van der Waals surface area contributed by atoms with Crippen LogP contribution >= 0.6 is 0 Å². The lowest BCUT2D eigenvalue weighted by Gasteiger charge is -2.34. The van der Waals surface area contributed by atoms with E-state index in [1.807, 2.05) is 81.9 Å². The number of rotatable bonds is 17. The van der Waals surface area contributed by atoms with Gasteiger partial charge in [-0.3, -0.25) is 43.6 Å². The summed E-state index contributed by atoms with van der Waals surface area (Å²) >= 11 is 0. The Labute approximate surface area is 304 Å². The predicted molar refractivity (Wildman–Crippen MR) is 190 cm³/mol. The highest BCUT2D eigenvalue weighted by Gasteiger charge is 2.26. The number of aliphatic carboxylic acids is 1. The highest BCUT2D eigenvalue weighted by atomic mass is 16.6. The zero-order chi connectivity index (χ0) is 38.7. The van der Waals surface area contributed by atoms with Gasteiger partial charge in [-0.25, -0.2) is 0 Å². The average molecular weight is 732 g/mol. The van der Waals surface area contributed by atoms with Gasteiger partial charge in [0.2, 0.25) is 5.91 Å². The fourth-order valence-electron chi connectivity index (χ4n) is 4.88. The Morgan fingerprint density at radius 3 is 1.14 bits per heavy atom. The molecule has 16 heteroatoms. The molecule has 1 fully saturated rings. The van der Waals surface area contributed by atoms with E-state index in [0.717, 1.165) is 0 Å². The number of esters is 3. The van der Waals surface area contributed by atoms with E-state index < -0.39 is 22.8 Å². The molecule has 0 saturated carbocycles. The fourth-order valence-corrected chi connectivity index (χ4v) is 4.88. The SMILES string of the molecule is CC(C)(C)OC(=O)CN1CCN(CC(=O)NCCOCCOCCC(=O)O)CCN(CC(=O)OC(C)(C)C)CCN(CC(=O)OC(C)(C)C)CC1. The van der Waals surface area contributed by atoms with Crippen LogP contribution in [0.1, 0.15) is 68.7 Å². The second kappa shape index (κ2) is 22.9. The molecule has 0 bridgehead atoms. The lowest BCUT2D eigenvalue weighted by molar-refractivity contribution is -0.158. The molecular formula is C35H65N5O11. The molecule has 0 aromatic heterocycles. The molecule has 1 aliphatic rings. The summed E-state index contributed by atoms with van der Waals surface area (Å²) in [5.74, 6) is -2.23. The molecule has 1 heterocycles. The normalized spacial score (nSPS) is 16.8. The third kappa shape index (κ3) is 26.5. The Hall–Kier alpha value is -2.89. The highest BCUT2D eigenvalue weighted by molar-refractivity contribution is 5.78. The molecule has 296 valence electrons. The Kier molecular flexibility index (Phi) is 20.7. The number of hydrogen-bond acceptors (Lipinski definition) is 14. The zero-order valence-electron chi connectivity index (χ0n) is 32.5. The van der Waals surface area contributed by atoms with Crippen molar-refractivity contribution in [1.82, 2.24) is 24.9 Å². The van der Waals surface area contributed by atoms with Crippen molar-refractivity contribution in [2.24, 2.45) is 0 Å². The first-order valence-corrected chi connectivity index (χ1v) is 17.8. The zero-order valence-corrected chi connectivity index (χ0v) is 32.5. The first-order valence-electron chi connectivity index (χ1n) is 17.8. The summed E-state index contributed by atoms with van der Waals surface area (Å²) in [6.45, 7) is 21.3. The monoisotopic (exact) mass is 731 g/mol. The predicted octanol–water partition coefficient (Wildman–Crippen LogP) is 0.857. The molecule has 0 aromatic rings. The molecule has 0 aliphatic carbocycles. The van der Waals surface area contributed by atoms with E-state index in [-0.39, 0.29) is 89.4 Å². The number of nitrogens with one attached hydrogen (secondary N) is 1. The number of carbonyl (C=O) groups excluding carboxylic acids is 4. The first kappa shape index (κ1) is 46.1. The minimum atomic E-state index is -0.927. The van der Waals surface area contributed by atoms with E-state index >= 15 is 0 Å².